The van der Waals surface area contributed by atoms with Crippen LogP contribution in [0.4, 0.5) is 0 Å². The Morgan fingerprint density at radius 2 is 1.85 bits per heavy atom. The number of benzene rings is 1. The highest BCUT2D eigenvalue weighted by Crippen LogP contribution is 2.32. The van der Waals surface area contributed by atoms with E-state index in [1.54, 1.807) is 18.6 Å². The van der Waals surface area contributed by atoms with Crippen molar-refractivity contribution in [2.45, 2.75) is 52.7 Å². The normalized spacial score (nSPS) is 13.8. The van der Waals surface area contributed by atoms with E-state index in [1.807, 2.05) is 19.1 Å². The van der Waals surface area contributed by atoms with Crippen molar-refractivity contribution in [1.82, 2.24) is 19.9 Å². The van der Waals surface area contributed by atoms with E-state index in [-0.39, 0.29) is 5.60 Å². The van der Waals surface area contributed by atoms with Gasteiger partial charge in [0.2, 0.25) is 0 Å². The molecule has 0 saturated carbocycles. The summed E-state index contributed by atoms with van der Waals surface area (Å²) in [6.07, 6.45) is 6.93. The molecule has 2 aromatic heterocycles. The summed E-state index contributed by atoms with van der Waals surface area (Å²) >= 11 is 0. The van der Waals surface area contributed by atoms with Crippen LogP contribution in [-0.4, -0.2) is 38.5 Å². The van der Waals surface area contributed by atoms with Gasteiger partial charge in [-0.3, -0.25) is 9.97 Å². The summed E-state index contributed by atoms with van der Waals surface area (Å²) in [4.78, 5) is 15.5. The molecule has 0 spiro atoms. The lowest BCUT2D eigenvalue weighted by Gasteiger charge is -2.30. The van der Waals surface area contributed by atoms with Crippen LogP contribution in [0.2, 0.25) is 0 Å². The highest BCUT2D eigenvalue weighted by atomic mass is 16.5. The van der Waals surface area contributed by atoms with Gasteiger partial charge in [0.15, 0.2) is 5.88 Å². The molecule has 1 aliphatic rings. The number of hydrogen-bond donors (Lipinski definition) is 0. The third kappa shape index (κ3) is 5.89. The van der Waals surface area contributed by atoms with Crippen LogP contribution in [0.1, 0.15) is 43.3 Å². The second kappa shape index (κ2) is 9.61. The zero-order valence-corrected chi connectivity index (χ0v) is 20.0. The third-order valence-corrected chi connectivity index (χ3v) is 5.55. The van der Waals surface area contributed by atoms with Crippen LogP contribution in [0, 0.1) is 6.92 Å². The minimum atomic E-state index is -0.248. The minimum absolute atomic E-state index is 0.248. The number of ether oxygens (including phenoxy) is 2. The molecule has 0 bridgehead atoms. The van der Waals surface area contributed by atoms with Crippen LogP contribution >= 0.6 is 0 Å². The van der Waals surface area contributed by atoms with Crippen LogP contribution < -0.4 is 4.74 Å². The highest BCUT2D eigenvalue weighted by molar-refractivity contribution is 5.68. The van der Waals surface area contributed by atoms with Gasteiger partial charge in [-0.2, -0.15) is 0 Å². The van der Waals surface area contributed by atoms with Gasteiger partial charge >= 0.3 is 0 Å². The summed E-state index contributed by atoms with van der Waals surface area (Å²) in [6.45, 7) is 14.4. The fraction of sp³-hybridized carbons (Fsp3) is 0.370. The van der Waals surface area contributed by atoms with Crippen molar-refractivity contribution < 1.29 is 9.47 Å². The molecule has 6 heteroatoms. The van der Waals surface area contributed by atoms with Crippen molar-refractivity contribution >= 4 is 0 Å². The van der Waals surface area contributed by atoms with Crippen LogP contribution in [-0.2, 0) is 24.2 Å². The standard InChI is InChI=1S/C27H32N4O2/c1-19-6-9-25(32-18-24-17-28-12-13-29-24)26(30-19)23-8-7-21-10-14-31(15-11-22(21)16-23)20(2)33-27(3,4)5/h6-9,12-13,16-17H,2,10-11,14-15,18H2,1,3-5H3. The van der Waals surface area contributed by atoms with Gasteiger partial charge in [0.05, 0.1) is 11.9 Å². The van der Waals surface area contributed by atoms with Crippen molar-refractivity contribution in [1.29, 1.82) is 0 Å². The average Bonchev–Trinajstić information content (AvgIpc) is 3.00. The molecule has 3 aromatic rings. The van der Waals surface area contributed by atoms with Crippen molar-refractivity contribution in [2.24, 2.45) is 0 Å². The largest absolute Gasteiger partial charge is 0.485 e. The van der Waals surface area contributed by atoms with E-state index in [2.05, 4.69) is 60.4 Å². The fourth-order valence-corrected chi connectivity index (χ4v) is 3.96. The van der Waals surface area contributed by atoms with Gasteiger partial charge in [-0.15, -0.1) is 0 Å². The van der Waals surface area contributed by atoms with Gasteiger partial charge in [-0.1, -0.05) is 12.1 Å². The van der Waals surface area contributed by atoms with Gasteiger partial charge in [0.25, 0.3) is 0 Å². The lowest BCUT2D eigenvalue weighted by atomic mass is 9.98. The number of nitrogens with zero attached hydrogens (tertiary/aromatic N) is 4. The predicted octanol–water partition coefficient (Wildman–Crippen LogP) is 5.11. The third-order valence-electron chi connectivity index (χ3n) is 5.55. The molecule has 33 heavy (non-hydrogen) atoms. The van der Waals surface area contributed by atoms with E-state index >= 15 is 0 Å². The van der Waals surface area contributed by atoms with Crippen molar-refractivity contribution in [3.05, 3.63) is 83.9 Å². The van der Waals surface area contributed by atoms with E-state index in [0.717, 1.165) is 60.2 Å². The first kappa shape index (κ1) is 22.8. The number of hydrogen-bond acceptors (Lipinski definition) is 6. The van der Waals surface area contributed by atoms with Crippen molar-refractivity contribution in [2.75, 3.05) is 13.1 Å². The highest BCUT2D eigenvalue weighted by Gasteiger charge is 2.21. The molecule has 3 heterocycles. The van der Waals surface area contributed by atoms with E-state index in [9.17, 15) is 0 Å². The number of rotatable bonds is 6. The molecular formula is C27H32N4O2. The quantitative estimate of drug-likeness (QED) is 0.492. The molecule has 0 aliphatic carbocycles. The molecule has 172 valence electrons. The maximum Gasteiger partial charge on any atom is 0.182 e. The molecule has 6 nitrogen and oxygen atoms in total. The maximum absolute atomic E-state index is 6.09. The first-order chi connectivity index (χ1) is 15.8. The Labute approximate surface area is 196 Å². The molecule has 0 radical (unpaired) electrons. The Balaban J connectivity index is 1.54. The van der Waals surface area contributed by atoms with Gasteiger partial charge in [0.1, 0.15) is 23.7 Å². The summed E-state index contributed by atoms with van der Waals surface area (Å²) in [5.74, 6) is 1.49. The van der Waals surface area contributed by atoms with Gasteiger partial charge in [0, 0.05) is 36.7 Å². The Hall–Kier alpha value is -3.41. The summed E-state index contributed by atoms with van der Waals surface area (Å²) < 4.78 is 12.1. The Morgan fingerprint density at radius 1 is 1.06 bits per heavy atom. The molecule has 1 aromatic carbocycles. The molecule has 4 rings (SSSR count). The lowest BCUT2D eigenvalue weighted by molar-refractivity contribution is 0.00399. The zero-order chi connectivity index (χ0) is 23.4. The number of pyridine rings is 1. The fourth-order valence-electron chi connectivity index (χ4n) is 3.96. The molecule has 0 unspecified atom stereocenters. The van der Waals surface area contributed by atoms with E-state index in [0.29, 0.717) is 6.61 Å². The first-order valence-electron chi connectivity index (χ1n) is 11.4. The molecule has 0 fully saturated rings. The molecular weight excluding hydrogens is 412 g/mol. The summed E-state index contributed by atoms with van der Waals surface area (Å²) in [5.41, 5.74) is 6.09. The maximum atomic E-state index is 6.09. The Kier molecular flexibility index (Phi) is 6.63. The smallest absolute Gasteiger partial charge is 0.182 e. The van der Waals surface area contributed by atoms with Crippen LogP contribution in [0.15, 0.2) is 61.4 Å². The van der Waals surface area contributed by atoms with Gasteiger partial charge in [-0.25, -0.2) is 4.98 Å². The summed E-state index contributed by atoms with van der Waals surface area (Å²) in [7, 11) is 0. The summed E-state index contributed by atoms with van der Waals surface area (Å²) in [6, 6.07) is 10.6. The SMILES string of the molecule is C=C(OC(C)(C)C)N1CCc2ccc(-c3nc(C)ccc3OCc3cnccn3)cc2CC1. The van der Waals surface area contributed by atoms with Gasteiger partial charge < -0.3 is 14.4 Å². The first-order valence-corrected chi connectivity index (χ1v) is 11.4. The monoisotopic (exact) mass is 444 g/mol. The molecule has 0 saturated heterocycles. The Morgan fingerprint density at radius 3 is 2.58 bits per heavy atom. The van der Waals surface area contributed by atoms with Gasteiger partial charge in [-0.05, 0) is 76.4 Å². The molecule has 0 amide bonds. The number of aromatic nitrogens is 3. The van der Waals surface area contributed by atoms with Crippen LogP contribution in [0.25, 0.3) is 11.3 Å². The van der Waals surface area contributed by atoms with Crippen molar-refractivity contribution in [3.63, 3.8) is 0 Å². The predicted molar refractivity (Wildman–Crippen MR) is 130 cm³/mol. The molecule has 0 atom stereocenters. The lowest BCUT2D eigenvalue weighted by Crippen LogP contribution is -2.31. The van der Waals surface area contributed by atoms with E-state index in [1.165, 1.54) is 11.1 Å². The summed E-state index contributed by atoms with van der Waals surface area (Å²) in [5, 5.41) is 0. The van der Waals surface area contributed by atoms with E-state index < -0.39 is 0 Å². The second-order valence-electron chi connectivity index (χ2n) is 9.36. The number of fused-ring (bicyclic) bond motifs is 1. The van der Waals surface area contributed by atoms with Crippen LogP contribution in [0.3, 0.4) is 0 Å². The average molecular weight is 445 g/mol. The number of aryl methyl sites for hydroxylation is 1. The van der Waals surface area contributed by atoms with Crippen molar-refractivity contribution in [3.8, 4) is 17.0 Å². The molecule has 1 aliphatic heterocycles. The zero-order valence-electron chi connectivity index (χ0n) is 20.0. The second-order valence-corrected chi connectivity index (χ2v) is 9.36. The molecule has 0 N–H and O–H groups in total. The topological polar surface area (TPSA) is 60.4 Å². The minimum Gasteiger partial charge on any atom is -0.485 e. The Bertz CT molecular complexity index is 1120. The van der Waals surface area contributed by atoms with E-state index in [4.69, 9.17) is 14.5 Å². The van der Waals surface area contributed by atoms with Crippen LogP contribution in [0.5, 0.6) is 5.75 Å².